The molecule has 0 bridgehead atoms. The van der Waals surface area contributed by atoms with Crippen LogP contribution >= 0.6 is 11.8 Å². The molecule has 1 amide bonds. The van der Waals surface area contributed by atoms with E-state index in [1.165, 1.54) is 6.26 Å². The number of carbonyl (C=O) groups is 1. The zero-order valence-electron chi connectivity index (χ0n) is 15.7. The smallest absolute Gasteiger partial charge is 0.254 e. The van der Waals surface area contributed by atoms with Gasteiger partial charge in [-0.05, 0) is 43.7 Å². The van der Waals surface area contributed by atoms with Crippen molar-refractivity contribution < 1.29 is 17.9 Å². The van der Waals surface area contributed by atoms with Gasteiger partial charge in [-0.25, -0.2) is 13.1 Å². The first-order chi connectivity index (χ1) is 12.9. The van der Waals surface area contributed by atoms with Crippen molar-refractivity contribution in [2.45, 2.75) is 36.7 Å². The van der Waals surface area contributed by atoms with E-state index in [0.717, 1.165) is 55.0 Å². The van der Waals surface area contributed by atoms with E-state index in [-0.39, 0.29) is 17.9 Å². The third kappa shape index (κ3) is 6.20. The van der Waals surface area contributed by atoms with Crippen molar-refractivity contribution in [3.63, 3.8) is 0 Å². The maximum absolute atomic E-state index is 13.1. The molecule has 0 spiro atoms. The minimum Gasteiger partial charge on any atom is -0.377 e. The lowest BCUT2D eigenvalue weighted by molar-refractivity contribution is 0.0673. The number of carbonyl (C=O) groups excluding carboxylic acids is 1. The minimum atomic E-state index is -3.20. The summed E-state index contributed by atoms with van der Waals surface area (Å²) in [5.74, 6) is 1.06. The molecule has 2 aliphatic heterocycles. The summed E-state index contributed by atoms with van der Waals surface area (Å²) < 4.78 is 30.9. The Morgan fingerprint density at radius 1 is 1.30 bits per heavy atom. The molecule has 2 heterocycles. The van der Waals surface area contributed by atoms with Crippen LogP contribution in [0.15, 0.2) is 29.2 Å². The number of thioether (sulfide) groups is 1. The molecule has 150 valence electrons. The second-order valence-corrected chi connectivity index (χ2v) is 10.2. The third-order valence-electron chi connectivity index (χ3n) is 5.01. The predicted molar refractivity (Wildman–Crippen MR) is 108 cm³/mol. The first kappa shape index (κ1) is 20.6. The topological polar surface area (TPSA) is 75.7 Å². The molecule has 1 aromatic rings. The van der Waals surface area contributed by atoms with Gasteiger partial charge in [0.05, 0.1) is 17.9 Å². The van der Waals surface area contributed by atoms with Gasteiger partial charge in [-0.15, -0.1) is 11.8 Å². The van der Waals surface area contributed by atoms with Gasteiger partial charge in [0.15, 0.2) is 0 Å². The molecule has 6 nitrogen and oxygen atoms in total. The molecule has 3 rings (SSSR count). The van der Waals surface area contributed by atoms with Gasteiger partial charge in [-0.2, -0.15) is 0 Å². The zero-order valence-corrected chi connectivity index (χ0v) is 17.4. The Morgan fingerprint density at radius 3 is 2.85 bits per heavy atom. The Bertz CT molecular complexity index is 748. The van der Waals surface area contributed by atoms with E-state index in [1.54, 1.807) is 11.8 Å². The number of sulfonamides is 1. The number of nitrogens with zero attached hydrogens (tertiary/aromatic N) is 1. The average Bonchev–Trinajstić information content (AvgIpc) is 3.18. The average molecular weight is 413 g/mol. The predicted octanol–water partition coefficient (Wildman–Crippen LogP) is 2.36. The first-order valence-corrected chi connectivity index (χ1v) is 12.4. The Kier molecular flexibility index (Phi) is 7.19. The molecule has 0 aliphatic carbocycles. The molecule has 2 aliphatic rings. The number of benzene rings is 1. The monoisotopic (exact) mass is 412 g/mol. The molecule has 2 saturated heterocycles. The van der Waals surface area contributed by atoms with Crippen LogP contribution < -0.4 is 4.72 Å². The summed E-state index contributed by atoms with van der Waals surface area (Å²) in [7, 11) is -3.20. The zero-order chi connectivity index (χ0) is 19.3. The van der Waals surface area contributed by atoms with E-state index in [2.05, 4.69) is 4.72 Å². The van der Waals surface area contributed by atoms with Gasteiger partial charge >= 0.3 is 0 Å². The molecule has 0 radical (unpaired) electrons. The number of ether oxygens (including phenoxy) is 1. The van der Waals surface area contributed by atoms with Crippen molar-refractivity contribution in [3.8, 4) is 0 Å². The number of hydrogen-bond donors (Lipinski definition) is 1. The highest BCUT2D eigenvalue weighted by molar-refractivity contribution is 7.99. The van der Waals surface area contributed by atoms with Crippen LogP contribution in [0.5, 0.6) is 0 Å². The lowest BCUT2D eigenvalue weighted by Crippen LogP contribution is -2.43. The van der Waals surface area contributed by atoms with E-state index in [4.69, 9.17) is 4.74 Å². The maximum Gasteiger partial charge on any atom is 0.254 e. The van der Waals surface area contributed by atoms with Gasteiger partial charge in [0.25, 0.3) is 5.91 Å². The molecule has 0 saturated carbocycles. The highest BCUT2D eigenvalue weighted by Crippen LogP contribution is 2.28. The number of hydrogen-bond acceptors (Lipinski definition) is 5. The van der Waals surface area contributed by atoms with Crippen LogP contribution in [0.2, 0.25) is 0 Å². The largest absolute Gasteiger partial charge is 0.377 e. The SMILES string of the molecule is CS(=O)(=O)NC[C@H]1CCCN(C(=O)c2ccccc2SC[C@@H]2CCCO2)C1. The van der Waals surface area contributed by atoms with Gasteiger partial charge in [0.2, 0.25) is 10.0 Å². The van der Waals surface area contributed by atoms with Crippen molar-refractivity contribution in [2.75, 3.05) is 38.2 Å². The van der Waals surface area contributed by atoms with Crippen molar-refractivity contribution in [2.24, 2.45) is 5.92 Å². The van der Waals surface area contributed by atoms with Gasteiger partial charge in [-0.3, -0.25) is 4.79 Å². The standard InChI is InChI=1S/C19H28N2O4S2/c1-27(23,24)20-12-15-6-4-10-21(13-15)19(22)17-8-2-3-9-18(17)26-14-16-7-5-11-25-16/h2-3,8-9,15-16,20H,4-7,10-14H2,1H3/t15-,16+/m1/s1. The number of amides is 1. The molecule has 0 aromatic heterocycles. The van der Waals surface area contributed by atoms with Crippen molar-refractivity contribution in [3.05, 3.63) is 29.8 Å². The van der Waals surface area contributed by atoms with Crippen LogP contribution in [0.4, 0.5) is 0 Å². The quantitative estimate of drug-likeness (QED) is 0.696. The Morgan fingerprint density at radius 2 is 2.11 bits per heavy atom. The number of piperidine rings is 1. The fourth-order valence-corrected chi connectivity index (χ4v) is 5.24. The molecule has 0 unspecified atom stereocenters. The molecule has 27 heavy (non-hydrogen) atoms. The summed E-state index contributed by atoms with van der Waals surface area (Å²) in [5.41, 5.74) is 0.734. The molecular formula is C19H28N2O4S2. The Balaban J connectivity index is 1.62. The summed E-state index contributed by atoms with van der Waals surface area (Å²) in [6, 6.07) is 7.75. The first-order valence-electron chi connectivity index (χ1n) is 9.50. The fourth-order valence-electron chi connectivity index (χ4n) is 3.58. The molecule has 1 N–H and O–H groups in total. The van der Waals surface area contributed by atoms with E-state index in [9.17, 15) is 13.2 Å². The van der Waals surface area contributed by atoms with Crippen LogP contribution in [0, 0.1) is 5.92 Å². The summed E-state index contributed by atoms with van der Waals surface area (Å²) in [6.45, 7) is 2.53. The van der Waals surface area contributed by atoms with Gasteiger partial charge in [0, 0.05) is 36.9 Å². The second-order valence-electron chi connectivity index (χ2n) is 7.32. The maximum atomic E-state index is 13.1. The van der Waals surface area contributed by atoms with Crippen molar-refractivity contribution in [1.82, 2.24) is 9.62 Å². The minimum absolute atomic E-state index is 0.0366. The molecule has 2 atom stereocenters. The van der Waals surface area contributed by atoms with Crippen LogP contribution in [-0.2, 0) is 14.8 Å². The Labute approximate surface area is 166 Å². The van der Waals surface area contributed by atoms with Crippen LogP contribution in [0.25, 0.3) is 0 Å². The van der Waals surface area contributed by atoms with E-state index in [1.807, 2.05) is 29.2 Å². The third-order valence-corrected chi connectivity index (χ3v) is 6.90. The van der Waals surface area contributed by atoms with Crippen LogP contribution in [-0.4, -0.2) is 63.6 Å². The summed E-state index contributed by atoms with van der Waals surface area (Å²) in [5, 5.41) is 0. The molecule has 8 heteroatoms. The Hall–Kier alpha value is -1.09. The molecular weight excluding hydrogens is 384 g/mol. The van der Waals surface area contributed by atoms with Crippen LogP contribution in [0.3, 0.4) is 0 Å². The van der Waals surface area contributed by atoms with Crippen molar-refractivity contribution in [1.29, 1.82) is 0 Å². The molecule has 2 fully saturated rings. The highest BCUT2D eigenvalue weighted by Gasteiger charge is 2.26. The normalized spacial score (nSPS) is 23.5. The number of rotatable bonds is 7. The number of likely N-dealkylation sites (tertiary alicyclic amines) is 1. The fraction of sp³-hybridized carbons (Fsp3) is 0.632. The lowest BCUT2D eigenvalue weighted by atomic mass is 9.97. The second kappa shape index (κ2) is 9.41. The lowest BCUT2D eigenvalue weighted by Gasteiger charge is -2.33. The van der Waals surface area contributed by atoms with E-state index < -0.39 is 10.0 Å². The van der Waals surface area contributed by atoms with Crippen molar-refractivity contribution >= 4 is 27.7 Å². The van der Waals surface area contributed by atoms with Gasteiger partial charge in [-0.1, -0.05) is 12.1 Å². The van der Waals surface area contributed by atoms with E-state index >= 15 is 0 Å². The summed E-state index contributed by atoms with van der Waals surface area (Å²) in [6.07, 6.45) is 5.47. The summed E-state index contributed by atoms with van der Waals surface area (Å²) >= 11 is 1.69. The highest BCUT2D eigenvalue weighted by atomic mass is 32.2. The van der Waals surface area contributed by atoms with E-state index in [0.29, 0.717) is 13.1 Å². The molecule has 1 aromatic carbocycles. The van der Waals surface area contributed by atoms with Gasteiger partial charge < -0.3 is 9.64 Å². The van der Waals surface area contributed by atoms with Crippen LogP contribution in [0.1, 0.15) is 36.0 Å². The summed E-state index contributed by atoms with van der Waals surface area (Å²) in [4.78, 5) is 16.0. The number of nitrogens with one attached hydrogen (secondary N) is 1. The van der Waals surface area contributed by atoms with Gasteiger partial charge in [0.1, 0.15) is 0 Å².